The van der Waals surface area contributed by atoms with Crippen LogP contribution in [0.25, 0.3) is 0 Å². The van der Waals surface area contributed by atoms with Gasteiger partial charge >= 0.3 is 0 Å². The predicted molar refractivity (Wildman–Crippen MR) is 126 cm³/mol. The summed E-state index contributed by atoms with van der Waals surface area (Å²) in [5, 5.41) is 3.02. The molecule has 1 aromatic heterocycles. The highest BCUT2D eigenvalue weighted by Gasteiger charge is 2.33. The van der Waals surface area contributed by atoms with Gasteiger partial charge in [-0.3, -0.25) is 14.6 Å². The van der Waals surface area contributed by atoms with Crippen LogP contribution in [0.3, 0.4) is 0 Å². The van der Waals surface area contributed by atoms with Crippen LogP contribution in [0.5, 0.6) is 0 Å². The van der Waals surface area contributed by atoms with Crippen LogP contribution in [0.2, 0.25) is 0 Å². The van der Waals surface area contributed by atoms with E-state index < -0.39 is 0 Å². The van der Waals surface area contributed by atoms with E-state index in [0.29, 0.717) is 12.1 Å². The van der Waals surface area contributed by atoms with E-state index in [4.69, 9.17) is 5.73 Å². The molecule has 0 atom stereocenters. The smallest absolute Gasteiger partial charge is 0.257 e. The Morgan fingerprint density at radius 3 is 2.44 bits per heavy atom. The Morgan fingerprint density at radius 1 is 0.969 bits per heavy atom. The van der Waals surface area contributed by atoms with Gasteiger partial charge in [-0.25, -0.2) is 0 Å². The molecule has 0 saturated heterocycles. The van der Waals surface area contributed by atoms with Gasteiger partial charge in [0.05, 0.1) is 5.56 Å². The Morgan fingerprint density at radius 2 is 1.72 bits per heavy atom. The zero-order valence-electron chi connectivity index (χ0n) is 18.7. The number of para-hydroxylation sites is 1. The molecule has 6 heteroatoms. The van der Waals surface area contributed by atoms with Gasteiger partial charge in [-0.1, -0.05) is 37.5 Å². The minimum atomic E-state index is -0.195. The fraction of sp³-hybridized carbons (Fsp3) is 0.500. The topological polar surface area (TPSA) is 88.3 Å². The summed E-state index contributed by atoms with van der Waals surface area (Å²) < 4.78 is 0. The number of benzene rings is 1. The van der Waals surface area contributed by atoms with Gasteiger partial charge in [0.1, 0.15) is 0 Å². The maximum Gasteiger partial charge on any atom is 0.257 e. The van der Waals surface area contributed by atoms with E-state index in [-0.39, 0.29) is 29.8 Å². The Kier molecular flexibility index (Phi) is 7.53. The van der Waals surface area contributed by atoms with Crippen molar-refractivity contribution in [1.82, 2.24) is 9.88 Å². The average molecular weight is 435 g/mol. The van der Waals surface area contributed by atoms with Crippen LogP contribution in [0.4, 0.5) is 5.69 Å². The summed E-state index contributed by atoms with van der Waals surface area (Å²) in [6.07, 6.45) is 12.5. The molecule has 170 valence electrons. The highest BCUT2D eigenvalue weighted by Crippen LogP contribution is 2.31. The molecule has 2 saturated carbocycles. The number of rotatable bonds is 6. The lowest BCUT2D eigenvalue weighted by atomic mass is 9.85. The van der Waals surface area contributed by atoms with Crippen molar-refractivity contribution < 1.29 is 9.59 Å². The molecule has 6 nitrogen and oxygen atoms in total. The van der Waals surface area contributed by atoms with Gasteiger partial charge in [0.15, 0.2) is 0 Å². The number of hydrogen-bond acceptors (Lipinski definition) is 4. The van der Waals surface area contributed by atoms with Gasteiger partial charge < -0.3 is 16.0 Å². The Bertz CT molecular complexity index is 903. The van der Waals surface area contributed by atoms with Gasteiger partial charge in [-0.15, -0.1) is 0 Å². The van der Waals surface area contributed by atoms with Gasteiger partial charge in [-0.2, -0.15) is 0 Å². The van der Waals surface area contributed by atoms with Crippen molar-refractivity contribution in [3.05, 3.63) is 59.9 Å². The Hall–Kier alpha value is -2.73. The van der Waals surface area contributed by atoms with Crippen LogP contribution < -0.4 is 11.1 Å². The lowest BCUT2D eigenvalue weighted by molar-refractivity contribution is -0.140. The Labute approximate surface area is 190 Å². The molecule has 1 aromatic carbocycles. The summed E-state index contributed by atoms with van der Waals surface area (Å²) in [6.45, 7) is 0.513. The van der Waals surface area contributed by atoms with E-state index in [2.05, 4.69) is 15.2 Å². The van der Waals surface area contributed by atoms with Gasteiger partial charge in [0.25, 0.3) is 5.91 Å². The second-order valence-corrected chi connectivity index (χ2v) is 9.22. The molecular weight excluding hydrogens is 400 g/mol. The highest BCUT2D eigenvalue weighted by molar-refractivity contribution is 6.04. The van der Waals surface area contributed by atoms with Crippen LogP contribution >= 0.6 is 0 Å². The molecule has 0 aliphatic heterocycles. The molecular formula is C26H34N4O2. The SMILES string of the molecule is NC1CCC(N(Cc2ccccc2NC(=O)c2cccnc2)C(=O)C2CCCCC2)CC1. The maximum atomic E-state index is 13.6. The first kappa shape index (κ1) is 22.5. The van der Waals surface area contributed by atoms with Gasteiger partial charge in [0, 0.05) is 42.6 Å². The molecule has 4 rings (SSSR count). The number of nitrogens with zero attached hydrogens (tertiary/aromatic N) is 2. The number of anilines is 1. The number of hydrogen-bond donors (Lipinski definition) is 2. The van der Waals surface area contributed by atoms with Crippen LogP contribution in [0, 0.1) is 5.92 Å². The third kappa shape index (κ3) is 5.54. The van der Waals surface area contributed by atoms with Crippen molar-refractivity contribution in [2.45, 2.75) is 76.4 Å². The van der Waals surface area contributed by atoms with Gasteiger partial charge in [0.2, 0.25) is 5.91 Å². The summed E-state index contributed by atoms with van der Waals surface area (Å²) in [5.74, 6) is 0.203. The molecule has 0 radical (unpaired) electrons. The lowest BCUT2D eigenvalue weighted by Gasteiger charge is -2.39. The molecule has 3 N–H and O–H groups in total. The predicted octanol–water partition coefficient (Wildman–Crippen LogP) is 4.51. The highest BCUT2D eigenvalue weighted by atomic mass is 16.2. The number of nitrogens with one attached hydrogen (secondary N) is 1. The summed E-state index contributed by atoms with van der Waals surface area (Å²) >= 11 is 0. The van der Waals surface area contributed by atoms with Crippen LogP contribution in [0.1, 0.15) is 73.7 Å². The molecule has 0 unspecified atom stereocenters. The van der Waals surface area contributed by atoms with E-state index in [9.17, 15) is 9.59 Å². The average Bonchev–Trinajstić information content (AvgIpc) is 2.85. The zero-order chi connectivity index (χ0) is 22.3. The fourth-order valence-electron chi connectivity index (χ4n) is 5.04. The van der Waals surface area contributed by atoms with Crippen LogP contribution in [-0.2, 0) is 11.3 Å². The first-order chi connectivity index (χ1) is 15.6. The monoisotopic (exact) mass is 434 g/mol. The van der Waals surface area contributed by atoms with Crippen molar-refractivity contribution in [3.63, 3.8) is 0 Å². The molecule has 2 amide bonds. The minimum absolute atomic E-state index is 0.122. The third-order valence-electron chi connectivity index (χ3n) is 6.95. The van der Waals surface area contributed by atoms with Crippen LogP contribution in [0.15, 0.2) is 48.8 Å². The molecule has 2 aromatic rings. The summed E-state index contributed by atoms with van der Waals surface area (Å²) in [7, 11) is 0. The quantitative estimate of drug-likeness (QED) is 0.700. The zero-order valence-corrected chi connectivity index (χ0v) is 18.7. The number of amides is 2. The molecule has 2 aliphatic rings. The normalized spacial score (nSPS) is 21.7. The van der Waals surface area contributed by atoms with E-state index in [0.717, 1.165) is 62.6 Å². The largest absolute Gasteiger partial charge is 0.335 e. The number of aromatic nitrogens is 1. The number of carbonyl (C=O) groups excluding carboxylic acids is 2. The Balaban J connectivity index is 1.55. The second kappa shape index (κ2) is 10.7. The maximum absolute atomic E-state index is 13.6. The van der Waals surface area contributed by atoms with Gasteiger partial charge in [-0.05, 0) is 62.3 Å². The number of nitrogens with two attached hydrogens (primary N) is 1. The number of pyridine rings is 1. The van der Waals surface area contributed by atoms with Crippen molar-refractivity contribution in [2.24, 2.45) is 11.7 Å². The first-order valence-corrected chi connectivity index (χ1v) is 12.0. The molecule has 0 spiro atoms. The number of carbonyl (C=O) groups is 2. The van der Waals surface area contributed by atoms with Crippen LogP contribution in [-0.4, -0.2) is 33.8 Å². The van der Waals surface area contributed by atoms with Crippen molar-refractivity contribution in [2.75, 3.05) is 5.32 Å². The molecule has 2 fully saturated rings. The van der Waals surface area contributed by atoms with E-state index in [1.807, 2.05) is 24.3 Å². The fourth-order valence-corrected chi connectivity index (χ4v) is 5.04. The molecule has 0 bridgehead atoms. The van der Waals surface area contributed by atoms with E-state index >= 15 is 0 Å². The van der Waals surface area contributed by atoms with Crippen molar-refractivity contribution in [1.29, 1.82) is 0 Å². The standard InChI is InChI=1S/C26H34N4O2/c27-22-12-14-23(15-13-22)30(26(32)19-7-2-1-3-8-19)18-21-9-4-5-11-24(21)29-25(31)20-10-6-16-28-17-20/h4-6,9-11,16-17,19,22-23H,1-3,7-8,12-15,18,27H2,(H,29,31). The second-order valence-electron chi connectivity index (χ2n) is 9.22. The first-order valence-electron chi connectivity index (χ1n) is 12.0. The molecule has 32 heavy (non-hydrogen) atoms. The van der Waals surface area contributed by atoms with Crippen molar-refractivity contribution >= 4 is 17.5 Å². The summed E-state index contributed by atoms with van der Waals surface area (Å²) in [5.41, 5.74) is 8.37. The lowest BCUT2D eigenvalue weighted by Crippen LogP contribution is -2.46. The van der Waals surface area contributed by atoms with Crippen molar-refractivity contribution in [3.8, 4) is 0 Å². The molecule has 2 aliphatic carbocycles. The molecule has 1 heterocycles. The minimum Gasteiger partial charge on any atom is -0.335 e. The van der Waals surface area contributed by atoms with E-state index in [1.165, 1.54) is 6.42 Å². The summed E-state index contributed by atoms with van der Waals surface area (Å²) in [4.78, 5) is 32.5. The van der Waals surface area contributed by atoms with E-state index in [1.54, 1.807) is 24.5 Å². The summed E-state index contributed by atoms with van der Waals surface area (Å²) in [6, 6.07) is 11.7. The third-order valence-corrected chi connectivity index (χ3v) is 6.95.